The van der Waals surface area contributed by atoms with E-state index in [1.165, 1.54) is 35.2 Å². The van der Waals surface area contributed by atoms with Crippen LogP contribution in [0.25, 0.3) is 10.9 Å². The third kappa shape index (κ3) is 4.57. The summed E-state index contributed by atoms with van der Waals surface area (Å²) in [6.45, 7) is 2.28. The number of carbonyl (C=O) groups excluding carboxylic acids is 1. The summed E-state index contributed by atoms with van der Waals surface area (Å²) in [7, 11) is 0. The number of fused-ring (bicyclic) bond motifs is 1. The number of carbonyl (C=O) groups is 1. The van der Waals surface area contributed by atoms with Gasteiger partial charge in [0.15, 0.2) is 0 Å². The predicted molar refractivity (Wildman–Crippen MR) is 119 cm³/mol. The first-order valence-electron chi connectivity index (χ1n) is 11.2. The molecule has 0 spiro atoms. The van der Waals surface area contributed by atoms with Crippen molar-refractivity contribution < 1.29 is 27.1 Å². The van der Waals surface area contributed by atoms with Gasteiger partial charge >= 0.3 is 6.18 Å². The van der Waals surface area contributed by atoms with Gasteiger partial charge < -0.3 is 14.5 Å². The van der Waals surface area contributed by atoms with Crippen LogP contribution in [0.1, 0.15) is 34.3 Å². The van der Waals surface area contributed by atoms with Crippen LogP contribution in [-0.4, -0.2) is 48.1 Å². The normalized spacial score (nSPS) is 16.6. The first kappa shape index (κ1) is 22.6. The minimum absolute atomic E-state index is 0.114. The van der Waals surface area contributed by atoms with Crippen molar-refractivity contribution in [2.45, 2.75) is 31.6 Å². The zero-order valence-electron chi connectivity index (χ0n) is 18.3. The lowest BCUT2D eigenvalue weighted by Gasteiger charge is -2.31. The van der Waals surface area contributed by atoms with E-state index in [0.29, 0.717) is 48.6 Å². The maximum Gasteiger partial charge on any atom is 0.417 e. The van der Waals surface area contributed by atoms with Crippen molar-refractivity contribution in [1.29, 1.82) is 0 Å². The van der Waals surface area contributed by atoms with E-state index in [0.717, 1.165) is 18.9 Å². The number of ether oxygens (including phenoxy) is 1. The molecule has 178 valence electrons. The predicted octanol–water partition coefficient (Wildman–Crippen LogP) is 5.03. The number of pyridine rings is 1. The first-order valence-corrected chi connectivity index (χ1v) is 11.2. The van der Waals surface area contributed by atoms with Crippen LogP contribution in [0.3, 0.4) is 0 Å². The standard InChI is InChI=1S/C25H23F4N3O2/c26-18-6-5-16-13-17(23(30-22(16)14-18)31-9-11-34-12-10-31)15-32(19-7-8-19)24(33)20-3-1-2-4-21(20)25(27,28)29/h1-6,13-14,19H,7-12,15H2. The van der Waals surface area contributed by atoms with Gasteiger partial charge in [-0.15, -0.1) is 0 Å². The molecule has 0 bridgehead atoms. The Hall–Kier alpha value is -3.20. The molecule has 1 aliphatic carbocycles. The van der Waals surface area contributed by atoms with E-state index in [-0.39, 0.29) is 18.2 Å². The molecule has 1 amide bonds. The highest BCUT2D eigenvalue weighted by Crippen LogP contribution is 2.36. The molecule has 3 aromatic rings. The van der Waals surface area contributed by atoms with E-state index < -0.39 is 23.5 Å². The quantitative estimate of drug-likeness (QED) is 0.488. The summed E-state index contributed by atoms with van der Waals surface area (Å²) >= 11 is 0. The van der Waals surface area contributed by atoms with Crippen LogP contribution >= 0.6 is 0 Å². The number of hydrogen-bond donors (Lipinski definition) is 0. The molecule has 1 saturated carbocycles. The average Bonchev–Trinajstić information content (AvgIpc) is 3.67. The first-order chi connectivity index (χ1) is 16.3. The Kier molecular flexibility index (Phi) is 5.89. The Morgan fingerprint density at radius 1 is 1.09 bits per heavy atom. The maximum atomic E-state index is 13.8. The Morgan fingerprint density at radius 2 is 1.82 bits per heavy atom. The number of hydrogen-bond acceptors (Lipinski definition) is 4. The van der Waals surface area contributed by atoms with Gasteiger partial charge in [0.2, 0.25) is 0 Å². The molecular weight excluding hydrogens is 450 g/mol. The van der Waals surface area contributed by atoms with E-state index in [2.05, 4.69) is 0 Å². The fourth-order valence-electron chi connectivity index (χ4n) is 4.35. The van der Waals surface area contributed by atoms with Gasteiger partial charge in [-0.1, -0.05) is 12.1 Å². The van der Waals surface area contributed by atoms with Crippen LogP contribution in [-0.2, 0) is 17.5 Å². The fourth-order valence-corrected chi connectivity index (χ4v) is 4.35. The molecule has 2 heterocycles. The van der Waals surface area contributed by atoms with Crippen molar-refractivity contribution in [3.8, 4) is 0 Å². The molecule has 2 fully saturated rings. The third-order valence-corrected chi connectivity index (χ3v) is 6.20. The molecule has 2 aliphatic rings. The second-order valence-electron chi connectivity index (χ2n) is 8.62. The smallest absolute Gasteiger partial charge is 0.378 e. The molecule has 1 aliphatic heterocycles. The van der Waals surface area contributed by atoms with E-state index >= 15 is 0 Å². The number of anilines is 1. The maximum absolute atomic E-state index is 13.8. The molecule has 2 aromatic carbocycles. The number of amides is 1. The van der Waals surface area contributed by atoms with Crippen LogP contribution in [0, 0.1) is 5.82 Å². The lowest BCUT2D eigenvalue weighted by atomic mass is 10.0. The van der Waals surface area contributed by atoms with Gasteiger partial charge in [0.25, 0.3) is 5.91 Å². The molecule has 1 saturated heterocycles. The molecule has 0 atom stereocenters. The van der Waals surface area contributed by atoms with Crippen molar-refractivity contribution in [1.82, 2.24) is 9.88 Å². The summed E-state index contributed by atoms with van der Waals surface area (Å²) in [5, 5.41) is 0.701. The molecule has 0 N–H and O–H groups in total. The SMILES string of the molecule is O=C(c1ccccc1C(F)(F)F)N(Cc1cc2ccc(F)cc2nc1N1CCOCC1)C1CC1. The van der Waals surface area contributed by atoms with Crippen LogP contribution < -0.4 is 4.90 Å². The highest BCUT2D eigenvalue weighted by Gasteiger charge is 2.39. The number of morpholine rings is 1. The Labute approximate surface area is 193 Å². The third-order valence-electron chi connectivity index (χ3n) is 6.20. The van der Waals surface area contributed by atoms with Gasteiger partial charge in [-0.05, 0) is 43.2 Å². The average molecular weight is 473 g/mol. The molecule has 0 radical (unpaired) electrons. The van der Waals surface area contributed by atoms with Gasteiger partial charge in [-0.2, -0.15) is 13.2 Å². The second kappa shape index (κ2) is 8.87. The summed E-state index contributed by atoms with van der Waals surface area (Å²) in [6, 6.07) is 10.9. The molecule has 34 heavy (non-hydrogen) atoms. The topological polar surface area (TPSA) is 45.7 Å². The van der Waals surface area contributed by atoms with Gasteiger partial charge in [-0.3, -0.25) is 4.79 Å². The summed E-state index contributed by atoms with van der Waals surface area (Å²) in [5.41, 5.74) is -0.0977. The van der Waals surface area contributed by atoms with Crippen molar-refractivity contribution >= 4 is 22.6 Å². The Morgan fingerprint density at radius 3 is 2.53 bits per heavy atom. The number of nitrogens with zero attached hydrogens (tertiary/aromatic N) is 3. The molecule has 9 heteroatoms. The Bertz CT molecular complexity index is 1220. The lowest BCUT2D eigenvalue weighted by Crippen LogP contribution is -2.39. The van der Waals surface area contributed by atoms with E-state index in [1.807, 2.05) is 11.0 Å². The molecule has 1 aromatic heterocycles. The van der Waals surface area contributed by atoms with Gasteiger partial charge in [0.1, 0.15) is 11.6 Å². The van der Waals surface area contributed by atoms with Crippen LogP contribution in [0.15, 0.2) is 48.5 Å². The van der Waals surface area contributed by atoms with Gasteiger partial charge in [-0.25, -0.2) is 9.37 Å². The lowest BCUT2D eigenvalue weighted by molar-refractivity contribution is -0.138. The van der Waals surface area contributed by atoms with Crippen LogP contribution in [0.4, 0.5) is 23.4 Å². The van der Waals surface area contributed by atoms with Crippen molar-refractivity contribution in [2.24, 2.45) is 0 Å². The van der Waals surface area contributed by atoms with E-state index in [1.54, 1.807) is 6.07 Å². The summed E-state index contributed by atoms with van der Waals surface area (Å²) < 4.78 is 60.1. The van der Waals surface area contributed by atoms with Crippen molar-refractivity contribution in [3.05, 3.63) is 71.0 Å². The minimum atomic E-state index is -4.63. The zero-order chi connectivity index (χ0) is 23.9. The van der Waals surface area contributed by atoms with Crippen molar-refractivity contribution in [2.75, 3.05) is 31.2 Å². The summed E-state index contributed by atoms with van der Waals surface area (Å²) in [6.07, 6.45) is -3.16. The zero-order valence-corrected chi connectivity index (χ0v) is 18.3. The monoisotopic (exact) mass is 473 g/mol. The van der Waals surface area contributed by atoms with E-state index in [4.69, 9.17) is 9.72 Å². The van der Waals surface area contributed by atoms with E-state index in [9.17, 15) is 22.4 Å². The highest BCUT2D eigenvalue weighted by atomic mass is 19.4. The molecular formula is C25H23F4N3O2. The fraction of sp³-hybridized carbons (Fsp3) is 0.360. The Balaban J connectivity index is 1.55. The van der Waals surface area contributed by atoms with Crippen LogP contribution in [0.2, 0.25) is 0 Å². The minimum Gasteiger partial charge on any atom is -0.378 e. The number of rotatable bonds is 5. The van der Waals surface area contributed by atoms with Gasteiger partial charge in [0, 0.05) is 42.7 Å². The number of benzene rings is 2. The molecule has 0 unspecified atom stereocenters. The number of alkyl halides is 3. The van der Waals surface area contributed by atoms with Crippen LogP contribution in [0.5, 0.6) is 0 Å². The number of halogens is 4. The highest BCUT2D eigenvalue weighted by molar-refractivity contribution is 5.96. The summed E-state index contributed by atoms with van der Waals surface area (Å²) in [5.74, 6) is -0.453. The number of aromatic nitrogens is 1. The van der Waals surface area contributed by atoms with Gasteiger partial charge in [0.05, 0.1) is 29.9 Å². The molecule has 5 nitrogen and oxygen atoms in total. The molecule has 5 rings (SSSR count). The second-order valence-corrected chi connectivity index (χ2v) is 8.62. The van der Waals surface area contributed by atoms with Crippen molar-refractivity contribution in [3.63, 3.8) is 0 Å². The summed E-state index contributed by atoms with van der Waals surface area (Å²) in [4.78, 5) is 21.6. The largest absolute Gasteiger partial charge is 0.417 e.